The number of amides is 1. The number of fused-ring (bicyclic) bond motifs is 3. The Morgan fingerprint density at radius 1 is 1.14 bits per heavy atom. The SMILES string of the molecule is COc1cc2c(cc1OC)-c1cc(NC(=O)c3cccc(Cl)c3)nc(=O)n1CC2. The van der Waals surface area contributed by atoms with Crippen LogP contribution >= 0.6 is 11.6 Å². The minimum absolute atomic E-state index is 0.175. The van der Waals surface area contributed by atoms with Crippen molar-refractivity contribution in [3.63, 3.8) is 0 Å². The van der Waals surface area contributed by atoms with Gasteiger partial charge in [0.1, 0.15) is 5.82 Å². The Balaban J connectivity index is 1.76. The van der Waals surface area contributed by atoms with E-state index < -0.39 is 11.6 Å². The molecule has 0 saturated carbocycles. The number of ether oxygens (including phenoxy) is 2. The first-order valence-corrected chi connectivity index (χ1v) is 9.32. The van der Waals surface area contributed by atoms with Gasteiger partial charge in [-0.1, -0.05) is 17.7 Å². The molecule has 0 radical (unpaired) electrons. The molecular formula is C21H18ClN3O4. The van der Waals surface area contributed by atoms with Crippen LogP contribution in [0.5, 0.6) is 11.5 Å². The first-order valence-electron chi connectivity index (χ1n) is 8.94. The minimum atomic E-state index is -0.427. The summed E-state index contributed by atoms with van der Waals surface area (Å²) < 4.78 is 12.4. The molecule has 7 nitrogen and oxygen atoms in total. The van der Waals surface area contributed by atoms with Gasteiger partial charge in [-0.15, -0.1) is 0 Å². The second-order valence-corrected chi connectivity index (χ2v) is 6.98. The van der Waals surface area contributed by atoms with Gasteiger partial charge in [0.25, 0.3) is 5.91 Å². The second-order valence-electron chi connectivity index (χ2n) is 6.54. The molecule has 0 aliphatic carbocycles. The van der Waals surface area contributed by atoms with Gasteiger partial charge >= 0.3 is 5.69 Å². The molecule has 0 fully saturated rings. The third-order valence-electron chi connectivity index (χ3n) is 4.83. The van der Waals surface area contributed by atoms with E-state index in [0.29, 0.717) is 40.7 Å². The minimum Gasteiger partial charge on any atom is -0.493 e. The fourth-order valence-corrected chi connectivity index (χ4v) is 3.62. The Labute approximate surface area is 171 Å². The van der Waals surface area contributed by atoms with Gasteiger partial charge in [0.05, 0.1) is 19.9 Å². The van der Waals surface area contributed by atoms with Crippen molar-refractivity contribution in [3.05, 3.63) is 69.1 Å². The van der Waals surface area contributed by atoms with Gasteiger partial charge in [-0.05, 0) is 42.3 Å². The first-order chi connectivity index (χ1) is 14.0. The number of nitrogens with one attached hydrogen (secondary N) is 1. The zero-order valence-corrected chi connectivity index (χ0v) is 16.6. The number of halogens is 1. The number of rotatable bonds is 4. The Bertz CT molecular complexity index is 1170. The summed E-state index contributed by atoms with van der Waals surface area (Å²) in [5.41, 5.74) is 2.48. The molecule has 148 valence electrons. The molecule has 2 heterocycles. The van der Waals surface area contributed by atoms with Crippen LogP contribution in [0.3, 0.4) is 0 Å². The number of hydrogen-bond acceptors (Lipinski definition) is 5. The molecule has 0 unspecified atom stereocenters. The van der Waals surface area contributed by atoms with Crippen LogP contribution in [0.1, 0.15) is 15.9 Å². The van der Waals surface area contributed by atoms with Crippen LogP contribution in [0, 0.1) is 0 Å². The van der Waals surface area contributed by atoms with Crippen molar-refractivity contribution in [1.82, 2.24) is 9.55 Å². The van der Waals surface area contributed by atoms with E-state index in [1.54, 1.807) is 49.1 Å². The molecular weight excluding hydrogens is 394 g/mol. The van der Waals surface area contributed by atoms with Crippen molar-refractivity contribution in [2.75, 3.05) is 19.5 Å². The van der Waals surface area contributed by atoms with Crippen LogP contribution in [0.4, 0.5) is 5.82 Å². The number of carbonyl (C=O) groups excluding carboxylic acids is 1. The number of aromatic nitrogens is 2. The number of methoxy groups -OCH3 is 2. The first kappa shape index (κ1) is 19.0. The summed E-state index contributed by atoms with van der Waals surface area (Å²) in [6.07, 6.45) is 0.665. The molecule has 3 aromatic rings. The maximum absolute atomic E-state index is 12.6. The standard InChI is InChI=1S/C21H18ClN3O4/c1-28-17-9-12-6-7-25-16(15(12)10-18(17)29-2)11-19(24-21(25)27)23-20(26)13-4-3-5-14(22)8-13/h3-5,8-11H,6-7H2,1-2H3,(H,23,24,26,27). The van der Waals surface area contributed by atoms with Crippen molar-refractivity contribution in [1.29, 1.82) is 0 Å². The fourth-order valence-electron chi connectivity index (χ4n) is 3.43. The summed E-state index contributed by atoms with van der Waals surface area (Å²) in [6, 6.07) is 12.0. The number of aryl methyl sites for hydroxylation is 1. The van der Waals surface area contributed by atoms with Gasteiger partial charge in [0.15, 0.2) is 11.5 Å². The molecule has 4 rings (SSSR count). The van der Waals surface area contributed by atoms with Crippen molar-refractivity contribution >= 4 is 23.3 Å². The highest BCUT2D eigenvalue weighted by atomic mass is 35.5. The fraction of sp³-hybridized carbons (Fsp3) is 0.190. The largest absolute Gasteiger partial charge is 0.493 e. The molecule has 2 aromatic carbocycles. The van der Waals surface area contributed by atoms with Gasteiger partial charge in [-0.2, -0.15) is 4.98 Å². The molecule has 0 bridgehead atoms. The van der Waals surface area contributed by atoms with Crippen molar-refractivity contribution in [2.45, 2.75) is 13.0 Å². The average Bonchev–Trinajstić information content (AvgIpc) is 2.72. The smallest absolute Gasteiger partial charge is 0.350 e. The van der Waals surface area contributed by atoms with Crippen molar-refractivity contribution in [3.8, 4) is 22.8 Å². The molecule has 1 aliphatic heterocycles. The highest BCUT2D eigenvalue weighted by Crippen LogP contribution is 2.38. The van der Waals surface area contributed by atoms with Crippen LogP contribution in [0.25, 0.3) is 11.3 Å². The number of hydrogen-bond donors (Lipinski definition) is 1. The Morgan fingerprint density at radius 2 is 1.90 bits per heavy atom. The second kappa shape index (κ2) is 7.60. The van der Waals surface area contributed by atoms with Crippen LogP contribution in [-0.2, 0) is 13.0 Å². The summed E-state index contributed by atoms with van der Waals surface area (Å²) in [5, 5.41) is 3.13. The van der Waals surface area contributed by atoms with E-state index in [1.807, 2.05) is 12.1 Å². The zero-order valence-electron chi connectivity index (χ0n) is 15.9. The predicted octanol–water partition coefficient (Wildman–Crippen LogP) is 3.39. The average molecular weight is 412 g/mol. The van der Waals surface area contributed by atoms with Crippen molar-refractivity contribution in [2.24, 2.45) is 0 Å². The number of benzene rings is 2. The lowest BCUT2D eigenvalue weighted by molar-refractivity contribution is 0.102. The van der Waals surface area contributed by atoms with Crippen LogP contribution in [0.2, 0.25) is 5.02 Å². The third-order valence-corrected chi connectivity index (χ3v) is 5.06. The van der Waals surface area contributed by atoms with Gasteiger partial charge in [-0.3, -0.25) is 9.36 Å². The molecule has 29 heavy (non-hydrogen) atoms. The van der Waals surface area contributed by atoms with Crippen LogP contribution in [-0.4, -0.2) is 29.7 Å². The van der Waals surface area contributed by atoms with E-state index >= 15 is 0 Å². The lowest BCUT2D eigenvalue weighted by Gasteiger charge is -2.23. The lowest BCUT2D eigenvalue weighted by Crippen LogP contribution is -2.29. The molecule has 0 atom stereocenters. The molecule has 0 spiro atoms. The third kappa shape index (κ3) is 3.56. The van der Waals surface area contributed by atoms with E-state index in [-0.39, 0.29) is 5.82 Å². The maximum Gasteiger partial charge on any atom is 0.350 e. The van der Waals surface area contributed by atoms with Gasteiger partial charge in [0.2, 0.25) is 0 Å². The highest BCUT2D eigenvalue weighted by molar-refractivity contribution is 6.31. The Kier molecular flexibility index (Phi) is 4.98. The summed E-state index contributed by atoms with van der Waals surface area (Å²) in [4.78, 5) is 29.1. The molecule has 1 N–H and O–H groups in total. The highest BCUT2D eigenvalue weighted by Gasteiger charge is 2.22. The number of anilines is 1. The Hall–Kier alpha value is -3.32. The number of nitrogens with zero attached hydrogens (tertiary/aromatic N) is 2. The van der Waals surface area contributed by atoms with Gasteiger partial charge in [-0.25, -0.2) is 4.79 Å². The summed E-state index contributed by atoms with van der Waals surface area (Å²) in [5.74, 6) is 0.973. The van der Waals surface area contributed by atoms with E-state index in [9.17, 15) is 9.59 Å². The lowest BCUT2D eigenvalue weighted by atomic mass is 9.97. The summed E-state index contributed by atoms with van der Waals surface area (Å²) >= 11 is 5.95. The molecule has 1 aliphatic rings. The van der Waals surface area contributed by atoms with E-state index in [4.69, 9.17) is 21.1 Å². The predicted molar refractivity (Wildman–Crippen MR) is 110 cm³/mol. The normalized spacial score (nSPS) is 12.0. The van der Waals surface area contributed by atoms with E-state index in [2.05, 4.69) is 10.3 Å². The monoisotopic (exact) mass is 411 g/mol. The van der Waals surface area contributed by atoms with Crippen molar-refractivity contribution < 1.29 is 14.3 Å². The van der Waals surface area contributed by atoms with E-state index in [1.165, 1.54) is 0 Å². The zero-order chi connectivity index (χ0) is 20.5. The Morgan fingerprint density at radius 3 is 2.62 bits per heavy atom. The topological polar surface area (TPSA) is 82.5 Å². The molecule has 1 amide bonds. The van der Waals surface area contributed by atoms with E-state index in [0.717, 1.165) is 11.1 Å². The summed E-state index contributed by atoms with van der Waals surface area (Å²) in [7, 11) is 3.14. The van der Waals surface area contributed by atoms with Gasteiger partial charge in [0, 0.05) is 28.8 Å². The quantitative estimate of drug-likeness (QED) is 0.711. The molecule has 1 aromatic heterocycles. The number of carbonyl (C=O) groups is 1. The maximum atomic E-state index is 12.6. The molecule has 8 heteroatoms. The summed E-state index contributed by atoms with van der Waals surface area (Å²) in [6.45, 7) is 0.492. The van der Waals surface area contributed by atoms with Gasteiger partial charge < -0.3 is 14.8 Å². The van der Waals surface area contributed by atoms with Crippen LogP contribution in [0.15, 0.2) is 47.3 Å². The molecule has 0 saturated heterocycles. The van der Waals surface area contributed by atoms with Crippen LogP contribution < -0.4 is 20.5 Å².